The predicted molar refractivity (Wildman–Crippen MR) is 127 cm³/mol. The minimum absolute atomic E-state index is 0.101. The van der Waals surface area contributed by atoms with Crippen molar-refractivity contribution in [3.8, 4) is 11.5 Å². The molecule has 0 unspecified atom stereocenters. The number of esters is 5. The first-order chi connectivity index (χ1) is 18.4. The summed E-state index contributed by atoms with van der Waals surface area (Å²) < 4.78 is 43.3. The normalized spacial score (nSPS) is 23.0. The average molecular weight is 557 g/mol. The maximum atomic E-state index is 11.9. The summed E-state index contributed by atoms with van der Waals surface area (Å²) >= 11 is 0. The van der Waals surface area contributed by atoms with Crippen LogP contribution in [0.2, 0.25) is 0 Å². The fourth-order valence-electron chi connectivity index (χ4n) is 3.58. The first-order valence-corrected chi connectivity index (χ1v) is 11.9. The molecule has 0 aromatic heterocycles. The number of aliphatic hydroxyl groups is 1. The summed E-state index contributed by atoms with van der Waals surface area (Å²) in [6.07, 6.45) is -7.44. The molecular formula is C25H32O14. The Hall–Kier alpha value is -3.91. The van der Waals surface area contributed by atoms with Gasteiger partial charge in [-0.15, -0.1) is 0 Å². The molecule has 1 fully saturated rings. The Labute approximate surface area is 224 Å². The maximum absolute atomic E-state index is 11.9. The lowest BCUT2D eigenvalue weighted by Crippen LogP contribution is -2.63. The highest BCUT2D eigenvalue weighted by Crippen LogP contribution is 2.31. The second kappa shape index (κ2) is 14.9. The number of hydrogen-bond acceptors (Lipinski definition) is 14. The van der Waals surface area contributed by atoms with Crippen LogP contribution in [0.4, 0.5) is 0 Å². The van der Waals surface area contributed by atoms with Gasteiger partial charge in [-0.1, -0.05) is 0 Å². The molecular weight excluding hydrogens is 524 g/mol. The lowest BCUT2D eigenvalue weighted by molar-refractivity contribution is -0.288. The summed E-state index contributed by atoms with van der Waals surface area (Å²) in [7, 11) is 0. The van der Waals surface area contributed by atoms with E-state index in [1.54, 1.807) is 0 Å². The third-order valence-electron chi connectivity index (χ3n) is 5.00. The zero-order valence-corrected chi connectivity index (χ0v) is 22.1. The zero-order chi connectivity index (χ0) is 29.1. The van der Waals surface area contributed by atoms with Gasteiger partial charge in [0.05, 0.1) is 6.61 Å². The SMILES string of the molecule is CC(=O)OC[C@H]1O[C@@H](Oc2ccc(OC[C@H](CO)OC(C)=O)cc2)[C@H](OC(C)=O)[C@@H](OC(C)=O)[C@@H]1OC(C)=O. The van der Waals surface area contributed by atoms with Crippen LogP contribution in [0.5, 0.6) is 11.5 Å². The van der Waals surface area contributed by atoms with Crippen molar-refractivity contribution >= 4 is 29.8 Å². The van der Waals surface area contributed by atoms with E-state index in [9.17, 15) is 29.1 Å². The number of hydrogen-bond donors (Lipinski definition) is 1. The molecule has 1 aliphatic heterocycles. The van der Waals surface area contributed by atoms with Gasteiger partial charge in [0.2, 0.25) is 12.4 Å². The van der Waals surface area contributed by atoms with Gasteiger partial charge in [-0.2, -0.15) is 0 Å². The van der Waals surface area contributed by atoms with Crippen molar-refractivity contribution in [2.24, 2.45) is 0 Å². The van der Waals surface area contributed by atoms with E-state index in [0.717, 1.165) is 20.8 Å². The van der Waals surface area contributed by atoms with Crippen LogP contribution in [-0.2, 0) is 52.4 Å². The van der Waals surface area contributed by atoms with Gasteiger partial charge < -0.3 is 43.0 Å². The maximum Gasteiger partial charge on any atom is 0.303 e. The van der Waals surface area contributed by atoms with Gasteiger partial charge in [-0.3, -0.25) is 24.0 Å². The summed E-state index contributed by atoms with van der Waals surface area (Å²) in [5.74, 6) is -2.91. The van der Waals surface area contributed by atoms with Crippen LogP contribution in [0.3, 0.4) is 0 Å². The average Bonchev–Trinajstić information content (AvgIpc) is 2.84. The lowest BCUT2D eigenvalue weighted by atomic mass is 9.98. The molecule has 1 heterocycles. The molecule has 2 rings (SSSR count). The van der Waals surface area contributed by atoms with Gasteiger partial charge in [0.15, 0.2) is 18.3 Å². The Morgan fingerprint density at radius 2 is 1.31 bits per heavy atom. The van der Waals surface area contributed by atoms with Gasteiger partial charge >= 0.3 is 29.8 Å². The summed E-state index contributed by atoms with van der Waals surface area (Å²) in [5, 5.41) is 9.29. The molecule has 0 radical (unpaired) electrons. The summed E-state index contributed by atoms with van der Waals surface area (Å²) in [6, 6.07) is 6.01. The van der Waals surface area contributed by atoms with Gasteiger partial charge in [-0.25, -0.2) is 0 Å². The second-order valence-corrected chi connectivity index (χ2v) is 8.38. The van der Waals surface area contributed by atoms with Crippen LogP contribution < -0.4 is 9.47 Å². The first-order valence-electron chi connectivity index (χ1n) is 11.9. The van der Waals surface area contributed by atoms with Crippen LogP contribution in [0, 0.1) is 0 Å². The Balaban J connectivity index is 2.29. The van der Waals surface area contributed by atoms with Crippen LogP contribution in [0.1, 0.15) is 34.6 Å². The van der Waals surface area contributed by atoms with Crippen LogP contribution in [0.15, 0.2) is 24.3 Å². The zero-order valence-electron chi connectivity index (χ0n) is 22.1. The van der Waals surface area contributed by atoms with Crippen molar-refractivity contribution in [1.29, 1.82) is 0 Å². The highest BCUT2D eigenvalue weighted by atomic mass is 16.7. The lowest BCUT2D eigenvalue weighted by Gasteiger charge is -2.43. The largest absolute Gasteiger partial charge is 0.490 e. The molecule has 6 atom stereocenters. The van der Waals surface area contributed by atoms with Crippen molar-refractivity contribution in [2.45, 2.75) is 71.4 Å². The molecule has 0 spiro atoms. The minimum atomic E-state index is -1.39. The van der Waals surface area contributed by atoms with E-state index in [-0.39, 0.29) is 12.4 Å². The Bertz CT molecular complexity index is 1010. The molecule has 1 saturated heterocycles. The molecule has 1 aromatic carbocycles. The van der Waals surface area contributed by atoms with E-state index >= 15 is 0 Å². The summed E-state index contributed by atoms with van der Waals surface area (Å²) in [4.78, 5) is 58.2. The van der Waals surface area contributed by atoms with Crippen molar-refractivity contribution in [3.63, 3.8) is 0 Å². The quantitative estimate of drug-likeness (QED) is 0.277. The molecule has 39 heavy (non-hydrogen) atoms. The van der Waals surface area contributed by atoms with Gasteiger partial charge in [-0.05, 0) is 24.3 Å². The molecule has 1 aliphatic rings. The fraction of sp³-hybridized carbons (Fsp3) is 0.560. The van der Waals surface area contributed by atoms with Gasteiger partial charge in [0.1, 0.15) is 30.8 Å². The first kappa shape index (κ1) is 31.3. The van der Waals surface area contributed by atoms with E-state index in [4.69, 9.17) is 37.9 Å². The third-order valence-corrected chi connectivity index (χ3v) is 5.00. The standard InChI is InChI=1S/C25H32O14/c1-13(27)32-12-21-22(35-15(3)29)23(36-16(4)30)24(37-17(5)31)25(39-21)38-19-8-6-18(7-9-19)33-11-20(10-26)34-14(2)28/h6-9,20-26H,10-12H2,1-5H3/t20-,21+,22+,23-,24+,25+/m0/s1. The van der Waals surface area contributed by atoms with E-state index in [1.807, 2.05) is 0 Å². The Kier molecular flexibility index (Phi) is 11.9. The van der Waals surface area contributed by atoms with E-state index in [0.29, 0.717) is 5.75 Å². The molecule has 0 amide bonds. The number of carbonyl (C=O) groups excluding carboxylic acids is 5. The van der Waals surface area contributed by atoms with Crippen LogP contribution in [-0.4, -0.2) is 91.6 Å². The Morgan fingerprint density at radius 3 is 1.82 bits per heavy atom. The van der Waals surface area contributed by atoms with Gasteiger partial charge in [0.25, 0.3) is 0 Å². The summed E-state index contributed by atoms with van der Waals surface area (Å²) in [6.45, 7) is 4.82. The Morgan fingerprint density at radius 1 is 0.769 bits per heavy atom. The van der Waals surface area contributed by atoms with E-state index in [1.165, 1.54) is 38.1 Å². The minimum Gasteiger partial charge on any atom is -0.490 e. The number of rotatable bonds is 12. The number of benzene rings is 1. The molecule has 0 aliphatic carbocycles. The highest BCUT2D eigenvalue weighted by molar-refractivity contribution is 5.69. The van der Waals surface area contributed by atoms with Crippen LogP contribution >= 0.6 is 0 Å². The smallest absolute Gasteiger partial charge is 0.303 e. The molecule has 1 aromatic rings. The topological polar surface area (TPSA) is 179 Å². The fourth-order valence-corrected chi connectivity index (χ4v) is 3.58. The van der Waals surface area contributed by atoms with Crippen molar-refractivity contribution in [2.75, 3.05) is 19.8 Å². The summed E-state index contributed by atoms with van der Waals surface area (Å²) in [5.41, 5.74) is 0. The molecule has 0 saturated carbocycles. The third kappa shape index (κ3) is 10.4. The number of ether oxygens (including phenoxy) is 8. The highest BCUT2D eigenvalue weighted by Gasteiger charge is 2.53. The number of carbonyl (C=O) groups is 5. The molecule has 216 valence electrons. The monoisotopic (exact) mass is 556 g/mol. The molecule has 1 N–H and O–H groups in total. The van der Waals surface area contributed by atoms with E-state index < -0.39 is 79.9 Å². The molecule has 0 bridgehead atoms. The molecule has 14 heteroatoms. The second-order valence-electron chi connectivity index (χ2n) is 8.38. The predicted octanol–water partition coefficient (Wildman–Crippen LogP) is 0.451. The van der Waals surface area contributed by atoms with Crippen molar-refractivity contribution in [1.82, 2.24) is 0 Å². The van der Waals surface area contributed by atoms with Gasteiger partial charge in [0, 0.05) is 34.6 Å². The number of aliphatic hydroxyl groups excluding tert-OH is 1. The van der Waals surface area contributed by atoms with Crippen LogP contribution in [0.25, 0.3) is 0 Å². The molecule has 14 nitrogen and oxygen atoms in total. The van der Waals surface area contributed by atoms with Crippen molar-refractivity contribution < 1.29 is 67.0 Å². The van der Waals surface area contributed by atoms with E-state index in [2.05, 4.69) is 0 Å². The van der Waals surface area contributed by atoms with Crippen molar-refractivity contribution in [3.05, 3.63) is 24.3 Å².